The molecule has 0 aliphatic heterocycles. The largest absolute Gasteiger partial charge is 0.481 e. The summed E-state index contributed by atoms with van der Waals surface area (Å²) >= 11 is 1.95. The van der Waals surface area contributed by atoms with Crippen LogP contribution in [0.3, 0.4) is 0 Å². The molecule has 2 rings (SSSR count). The first-order chi connectivity index (χ1) is 12.8. The average molecular weight is 415 g/mol. The lowest BCUT2D eigenvalue weighted by Gasteiger charge is -2.21. The molecule has 1 aromatic rings. The lowest BCUT2D eigenvalue weighted by Crippen LogP contribution is -2.37. The number of carbonyl (C=O) groups excluding carboxylic acids is 1. The zero-order valence-corrected chi connectivity index (χ0v) is 17.9. The summed E-state index contributed by atoms with van der Waals surface area (Å²) in [6, 6.07) is 6.64. The van der Waals surface area contributed by atoms with E-state index in [1.807, 2.05) is 11.8 Å². The fourth-order valence-corrected chi connectivity index (χ4v) is 4.68. The van der Waals surface area contributed by atoms with Crippen LogP contribution in [-0.2, 0) is 14.8 Å². The van der Waals surface area contributed by atoms with Crippen molar-refractivity contribution < 1.29 is 17.9 Å². The Morgan fingerprint density at radius 2 is 1.89 bits per heavy atom. The van der Waals surface area contributed by atoms with E-state index in [2.05, 4.69) is 5.32 Å². The van der Waals surface area contributed by atoms with Gasteiger partial charge in [0.15, 0.2) is 6.10 Å². The number of carbonyl (C=O) groups is 1. The molecule has 1 N–H and O–H groups in total. The fourth-order valence-electron chi connectivity index (χ4n) is 2.96. The van der Waals surface area contributed by atoms with Gasteiger partial charge in [0.2, 0.25) is 10.0 Å². The summed E-state index contributed by atoms with van der Waals surface area (Å²) in [7, 11) is -1.81. The van der Waals surface area contributed by atoms with Crippen LogP contribution in [0.15, 0.2) is 24.3 Å². The van der Waals surface area contributed by atoms with Crippen LogP contribution >= 0.6 is 11.8 Å². The summed E-state index contributed by atoms with van der Waals surface area (Å²) in [5.41, 5.74) is 0.543. The number of amides is 1. The topological polar surface area (TPSA) is 75.7 Å². The van der Waals surface area contributed by atoms with E-state index in [4.69, 9.17) is 4.74 Å². The second kappa shape index (κ2) is 10.2. The minimum atomic E-state index is -3.30. The van der Waals surface area contributed by atoms with Crippen molar-refractivity contribution in [3.8, 4) is 5.75 Å². The van der Waals surface area contributed by atoms with Gasteiger partial charge in [-0.1, -0.05) is 19.3 Å². The molecule has 1 saturated carbocycles. The molecule has 0 unspecified atom stereocenters. The highest BCUT2D eigenvalue weighted by molar-refractivity contribution is 7.99. The van der Waals surface area contributed by atoms with Gasteiger partial charge < -0.3 is 10.1 Å². The van der Waals surface area contributed by atoms with Crippen molar-refractivity contribution in [2.45, 2.75) is 50.4 Å². The molecule has 0 radical (unpaired) electrons. The number of anilines is 1. The number of rotatable bonds is 9. The monoisotopic (exact) mass is 414 g/mol. The Hall–Kier alpha value is -1.41. The highest BCUT2D eigenvalue weighted by atomic mass is 32.2. The molecule has 0 spiro atoms. The molecule has 1 aliphatic carbocycles. The van der Waals surface area contributed by atoms with Crippen LogP contribution in [0.1, 0.15) is 39.0 Å². The number of hydrogen-bond acceptors (Lipinski definition) is 5. The molecule has 8 heteroatoms. The van der Waals surface area contributed by atoms with Gasteiger partial charge in [0.05, 0.1) is 11.9 Å². The molecule has 1 aromatic carbocycles. The molecule has 0 saturated heterocycles. The van der Waals surface area contributed by atoms with Crippen molar-refractivity contribution >= 4 is 33.4 Å². The van der Waals surface area contributed by atoms with Gasteiger partial charge in [0.1, 0.15) is 5.75 Å². The lowest BCUT2D eigenvalue weighted by atomic mass is 10.0. The fraction of sp³-hybridized carbons (Fsp3) is 0.632. The van der Waals surface area contributed by atoms with Crippen molar-refractivity contribution in [1.29, 1.82) is 0 Å². The first kappa shape index (κ1) is 21.9. The second-order valence-electron chi connectivity index (χ2n) is 6.91. The Labute approximate surface area is 167 Å². The Morgan fingerprint density at radius 1 is 1.26 bits per heavy atom. The third kappa shape index (κ3) is 7.25. The number of nitrogens with one attached hydrogen (secondary N) is 1. The summed E-state index contributed by atoms with van der Waals surface area (Å²) in [6.07, 6.45) is 7.14. The molecule has 1 fully saturated rings. The molecule has 0 aromatic heterocycles. The minimum Gasteiger partial charge on any atom is -0.481 e. The molecular formula is C19H30N2O4S2. The first-order valence-corrected chi connectivity index (χ1v) is 12.3. The van der Waals surface area contributed by atoms with Crippen LogP contribution in [0.2, 0.25) is 0 Å². The third-order valence-corrected chi connectivity index (χ3v) is 7.28. The summed E-state index contributed by atoms with van der Waals surface area (Å²) < 4.78 is 29.9. The molecule has 152 valence electrons. The molecule has 1 amide bonds. The van der Waals surface area contributed by atoms with Crippen LogP contribution < -0.4 is 14.4 Å². The summed E-state index contributed by atoms with van der Waals surface area (Å²) in [4.78, 5) is 12.2. The van der Waals surface area contributed by atoms with Crippen LogP contribution in [0.5, 0.6) is 5.75 Å². The van der Waals surface area contributed by atoms with E-state index in [0.717, 1.165) is 17.3 Å². The zero-order chi connectivity index (χ0) is 19.9. The van der Waals surface area contributed by atoms with Gasteiger partial charge in [-0.3, -0.25) is 9.10 Å². The maximum atomic E-state index is 12.2. The van der Waals surface area contributed by atoms with E-state index in [0.29, 0.717) is 18.0 Å². The normalized spacial score (nSPS) is 16.6. The Balaban J connectivity index is 1.73. The van der Waals surface area contributed by atoms with E-state index >= 15 is 0 Å². The number of benzene rings is 1. The van der Waals surface area contributed by atoms with E-state index in [-0.39, 0.29) is 5.91 Å². The number of sulfonamides is 1. The van der Waals surface area contributed by atoms with Gasteiger partial charge in [0, 0.05) is 24.6 Å². The molecule has 0 bridgehead atoms. The van der Waals surface area contributed by atoms with E-state index < -0.39 is 16.1 Å². The van der Waals surface area contributed by atoms with Crippen molar-refractivity contribution in [2.75, 3.05) is 29.9 Å². The van der Waals surface area contributed by atoms with Crippen molar-refractivity contribution in [2.24, 2.45) is 0 Å². The Bertz CT molecular complexity index is 701. The maximum absolute atomic E-state index is 12.2. The predicted octanol–water partition coefficient (Wildman–Crippen LogP) is 3.03. The minimum absolute atomic E-state index is 0.142. The van der Waals surface area contributed by atoms with Gasteiger partial charge in [-0.25, -0.2) is 8.42 Å². The number of ether oxygens (including phenoxy) is 1. The maximum Gasteiger partial charge on any atom is 0.260 e. The van der Waals surface area contributed by atoms with Gasteiger partial charge in [-0.05, 0) is 44.0 Å². The molecule has 6 nitrogen and oxygen atoms in total. The highest BCUT2D eigenvalue weighted by Crippen LogP contribution is 2.27. The number of nitrogens with zero attached hydrogens (tertiary/aromatic N) is 1. The summed E-state index contributed by atoms with van der Waals surface area (Å²) in [6.45, 7) is 2.35. The van der Waals surface area contributed by atoms with E-state index in [9.17, 15) is 13.2 Å². The average Bonchev–Trinajstić information content (AvgIpc) is 2.65. The van der Waals surface area contributed by atoms with Crippen molar-refractivity contribution in [1.82, 2.24) is 5.32 Å². The molecule has 1 aliphatic rings. The molecule has 1 atom stereocenters. The number of hydrogen-bond donors (Lipinski definition) is 1. The lowest BCUT2D eigenvalue weighted by molar-refractivity contribution is -0.127. The van der Waals surface area contributed by atoms with Gasteiger partial charge in [-0.15, -0.1) is 0 Å². The summed E-state index contributed by atoms with van der Waals surface area (Å²) in [5.74, 6) is 1.31. The van der Waals surface area contributed by atoms with Gasteiger partial charge in [-0.2, -0.15) is 11.8 Å². The van der Waals surface area contributed by atoms with Crippen LogP contribution in [-0.4, -0.2) is 51.3 Å². The SMILES string of the molecule is C[C@H](Oc1ccc(N(C)S(C)(=O)=O)cc1)C(=O)NCCSC1CCCCC1. The highest BCUT2D eigenvalue weighted by Gasteiger charge is 2.17. The van der Waals surface area contributed by atoms with Gasteiger partial charge >= 0.3 is 0 Å². The summed E-state index contributed by atoms with van der Waals surface area (Å²) in [5, 5.41) is 3.66. The van der Waals surface area contributed by atoms with Crippen LogP contribution in [0, 0.1) is 0 Å². The second-order valence-corrected chi connectivity index (χ2v) is 10.3. The Kier molecular flexibility index (Phi) is 8.28. The quantitative estimate of drug-likeness (QED) is 0.629. The van der Waals surface area contributed by atoms with Gasteiger partial charge in [0.25, 0.3) is 5.91 Å². The first-order valence-electron chi connectivity index (χ1n) is 9.37. The van der Waals surface area contributed by atoms with Crippen LogP contribution in [0.25, 0.3) is 0 Å². The Morgan fingerprint density at radius 3 is 2.48 bits per heavy atom. The molecule has 27 heavy (non-hydrogen) atoms. The van der Waals surface area contributed by atoms with E-state index in [1.54, 1.807) is 31.2 Å². The van der Waals surface area contributed by atoms with Crippen molar-refractivity contribution in [3.63, 3.8) is 0 Å². The molecular weight excluding hydrogens is 384 g/mol. The number of thioether (sulfide) groups is 1. The third-order valence-electron chi connectivity index (χ3n) is 4.69. The standard InChI is InChI=1S/C19H30N2O4S2/c1-15(19(22)20-13-14-26-18-7-5-4-6-8-18)25-17-11-9-16(10-12-17)21(2)27(3,23)24/h9-12,15,18H,4-8,13-14H2,1-3H3,(H,20,22)/t15-/m0/s1. The van der Waals surface area contributed by atoms with Crippen LogP contribution in [0.4, 0.5) is 5.69 Å². The molecule has 0 heterocycles. The van der Waals surface area contributed by atoms with Crippen molar-refractivity contribution in [3.05, 3.63) is 24.3 Å². The predicted molar refractivity (Wildman–Crippen MR) is 112 cm³/mol. The smallest absolute Gasteiger partial charge is 0.260 e. The zero-order valence-electron chi connectivity index (χ0n) is 16.3. The van der Waals surface area contributed by atoms with E-state index in [1.165, 1.54) is 43.5 Å².